The van der Waals surface area contributed by atoms with E-state index in [0.29, 0.717) is 11.6 Å². The molecule has 0 fully saturated rings. The minimum absolute atomic E-state index is 0.197. The number of hydrogen-bond acceptors (Lipinski definition) is 8. The van der Waals surface area contributed by atoms with Crippen LogP contribution in [0.25, 0.3) is 38.9 Å². The summed E-state index contributed by atoms with van der Waals surface area (Å²) in [6.07, 6.45) is 9.15. The Morgan fingerprint density at radius 1 is 1.06 bits per heavy atom. The summed E-state index contributed by atoms with van der Waals surface area (Å²) in [5.74, 6) is 1.14. The quantitative estimate of drug-likeness (QED) is 0.383. The molecule has 0 spiro atoms. The van der Waals surface area contributed by atoms with Crippen molar-refractivity contribution in [2.75, 3.05) is 5.73 Å². The summed E-state index contributed by atoms with van der Waals surface area (Å²) in [6, 6.07) is 14.5. The molecule has 1 aromatic carbocycles. The maximum atomic E-state index is 6.30. The summed E-state index contributed by atoms with van der Waals surface area (Å²) in [5.41, 5.74) is 13.0. The van der Waals surface area contributed by atoms with Crippen LogP contribution in [0, 0.1) is 6.92 Å². The van der Waals surface area contributed by atoms with E-state index in [9.17, 15) is 0 Å². The van der Waals surface area contributed by atoms with Crippen LogP contribution in [0.3, 0.4) is 0 Å². The molecule has 176 valence electrons. The fourth-order valence-corrected chi connectivity index (χ4v) is 5.69. The average Bonchev–Trinajstić information content (AvgIpc) is 3.68. The molecule has 1 atom stereocenters. The Morgan fingerprint density at radius 3 is 2.81 bits per heavy atom. The van der Waals surface area contributed by atoms with Crippen molar-refractivity contribution in [2.24, 2.45) is 0 Å². The van der Waals surface area contributed by atoms with E-state index in [2.05, 4.69) is 43.0 Å². The number of anilines is 1. The summed E-state index contributed by atoms with van der Waals surface area (Å²) in [7, 11) is 0. The fraction of sp³-hybridized carbons (Fsp3) is 0.154. The molecule has 1 aliphatic carbocycles. The normalized spacial score (nSPS) is 15.0. The standard InChI is InChI=1S/C26H21N9S/c1-15-14-29-26(36-15)21-8-7-20-25(32-21)35(24(31-20)19-3-2-10-28-23(19)27)17-5-6-18-16(13-17)4-9-22(18)34-12-11-30-33-34/h2-3,5-8,10-14,22H,4,9H2,1H3,(H2,27,28)/t22-/m0/s1. The number of hydrogen-bond donors (Lipinski definition) is 1. The van der Waals surface area contributed by atoms with Crippen molar-refractivity contribution in [1.82, 2.24) is 39.5 Å². The fourth-order valence-electron chi connectivity index (χ4n) is 4.96. The van der Waals surface area contributed by atoms with Crippen LogP contribution in [0.1, 0.15) is 28.5 Å². The van der Waals surface area contributed by atoms with Crippen molar-refractivity contribution in [1.29, 1.82) is 0 Å². The van der Waals surface area contributed by atoms with Gasteiger partial charge in [0.15, 0.2) is 11.5 Å². The van der Waals surface area contributed by atoms with Crippen molar-refractivity contribution in [3.8, 4) is 27.8 Å². The first kappa shape index (κ1) is 20.9. The summed E-state index contributed by atoms with van der Waals surface area (Å²) >= 11 is 1.63. The zero-order valence-corrected chi connectivity index (χ0v) is 20.2. The van der Waals surface area contributed by atoms with E-state index in [1.165, 1.54) is 11.1 Å². The maximum Gasteiger partial charge on any atom is 0.165 e. The highest BCUT2D eigenvalue weighted by molar-refractivity contribution is 7.14. The number of imidazole rings is 1. The second-order valence-electron chi connectivity index (χ2n) is 8.84. The number of thiazole rings is 1. The van der Waals surface area contributed by atoms with Gasteiger partial charge in [0, 0.05) is 29.2 Å². The highest BCUT2D eigenvalue weighted by atomic mass is 32.1. The van der Waals surface area contributed by atoms with E-state index in [1.54, 1.807) is 23.7 Å². The first-order valence-electron chi connectivity index (χ1n) is 11.7. The monoisotopic (exact) mass is 491 g/mol. The predicted octanol–water partition coefficient (Wildman–Crippen LogP) is 4.62. The number of nitrogens with two attached hydrogens (primary N) is 1. The molecule has 5 aromatic heterocycles. The van der Waals surface area contributed by atoms with Crippen molar-refractivity contribution in [3.05, 3.63) is 83.3 Å². The smallest absolute Gasteiger partial charge is 0.165 e. The minimum Gasteiger partial charge on any atom is -0.383 e. The van der Waals surface area contributed by atoms with Gasteiger partial charge in [-0.25, -0.2) is 24.6 Å². The largest absolute Gasteiger partial charge is 0.383 e. The summed E-state index contributed by atoms with van der Waals surface area (Å²) < 4.78 is 4.01. The van der Waals surface area contributed by atoms with E-state index in [1.807, 2.05) is 48.3 Å². The van der Waals surface area contributed by atoms with E-state index in [0.717, 1.165) is 50.8 Å². The van der Waals surface area contributed by atoms with E-state index in [-0.39, 0.29) is 6.04 Å². The Morgan fingerprint density at radius 2 is 2.00 bits per heavy atom. The molecule has 6 aromatic rings. The van der Waals surface area contributed by atoms with Crippen LogP contribution in [0.4, 0.5) is 5.82 Å². The molecule has 0 bridgehead atoms. The number of rotatable bonds is 4. The number of fused-ring (bicyclic) bond motifs is 2. The molecule has 10 heteroatoms. The van der Waals surface area contributed by atoms with Crippen molar-refractivity contribution < 1.29 is 0 Å². The Balaban J connectivity index is 1.44. The van der Waals surface area contributed by atoms with Crippen molar-refractivity contribution in [2.45, 2.75) is 25.8 Å². The third-order valence-electron chi connectivity index (χ3n) is 6.62. The second-order valence-corrected chi connectivity index (χ2v) is 10.1. The molecule has 9 nitrogen and oxygen atoms in total. The number of nitrogen functional groups attached to an aromatic ring is 1. The van der Waals surface area contributed by atoms with Crippen LogP contribution in [0.15, 0.2) is 67.3 Å². The lowest BCUT2D eigenvalue weighted by Crippen LogP contribution is -2.08. The van der Waals surface area contributed by atoms with Crippen LogP contribution in [-0.4, -0.2) is 39.5 Å². The van der Waals surface area contributed by atoms with Crippen molar-refractivity contribution in [3.63, 3.8) is 0 Å². The van der Waals surface area contributed by atoms with E-state index in [4.69, 9.17) is 15.7 Å². The Hall–Kier alpha value is -4.44. The predicted molar refractivity (Wildman–Crippen MR) is 139 cm³/mol. The Kier molecular flexibility index (Phi) is 4.68. The van der Waals surface area contributed by atoms with Crippen LogP contribution in [0.2, 0.25) is 0 Å². The zero-order valence-electron chi connectivity index (χ0n) is 19.4. The maximum absolute atomic E-state index is 6.30. The van der Waals surface area contributed by atoms with Crippen LogP contribution < -0.4 is 5.73 Å². The average molecular weight is 492 g/mol. The van der Waals surface area contributed by atoms with Gasteiger partial charge < -0.3 is 5.73 Å². The van der Waals surface area contributed by atoms with E-state index < -0.39 is 0 Å². The minimum atomic E-state index is 0.197. The summed E-state index contributed by atoms with van der Waals surface area (Å²) in [4.78, 5) is 20.0. The number of aryl methyl sites for hydroxylation is 2. The second kappa shape index (κ2) is 8.06. The number of pyridine rings is 2. The molecule has 0 saturated heterocycles. The molecule has 1 aliphatic rings. The van der Waals surface area contributed by atoms with Crippen LogP contribution >= 0.6 is 11.3 Å². The molecule has 0 amide bonds. The lowest BCUT2D eigenvalue weighted by atomic mass is 10.1. The number of nitrogens with zero attached hydrogens (tertiary/aromatic N) is 8. The topological polar surface area (TPSA) is 113 Å². The van der Waals surface area contributed by atoms with Crippen LogP contribution in [-0.2, 0) is 6.42 Å². The molecule has 7 rings (SSSR count). The van der Waals surface area contributed by atoms with Gasteiger partial charge in [-0.2, -0.15) is 0 Å². The van der Waals surface area contributed by atoms with Gasteiger partial charge in [-0.15, -0.1) is 16.4 Å². The molecular formula is C26H21N9S. The van der Waals surface area contributed by atoms with Gasteiger partial charge in [-0.1, -0.05) is 11.3 Å². The Bertz CT molecular complexity index is 1730. The highest BCUT2D eigenvalue weighted by Gasteiger charge is 2.26. The zero-order chi connectivity index (χ0) is 24.2. The summed E-state index contributed by atoms with van der Waals surface area (Å²) in [5, 5.41) is 9.10. The van der Waals surface area contributed by atoms with Gasteiger partial charge in [-0.3, -0.25) is 4.57 Å². The molecule has 36 heavy (non-hydrogen) atoms. The first-order valence-corrected chi connectivity index (χ1v) is 12.5. The lowest BCUT2D eigenvalue weighted by Gasteiger charge is -2.14. The summed E-state index contributed by atoms with van der Waals surface area (Å²) in [6.45, 7) is 2.05. The Labute approximate surface area is 210 Å². The molecule has 2 N–H and O–H groups in total. The molecular weight excluding hydrogens is 470 g/mol. The number of aromatic nitrogens is 8. The van der Waals surface area contributed by atoms with Gasteiger partial charge in [0.1, 0.15) is 22.0 Å². The van der Waals surface area contributed by atoms with Crippen LogP contribution in [0.5, 0.6) is 0 Å². The lowest BCUT2D eigenvalue weighted by molar-refractivity contribution is 0.504. The molecule has 0 aliphatic heterocycles. The van der Waals surface area contributed by atoms with Gasteiger partial charge in [0.25, 0.3) is 0 Å². The third kappa shape index (κ3) is 3.29. The van der Waals surface area contributed by atoms with Crippen molar-refractivity contribution >= 4 is 28.3 Å². The van der Waals surface area contributed by atoms with Gasteiger partial charge in [-0.05, 0) is 67.3 Å². The highest BCUT2D eigenvalue weighted by Crippen LogP contribution is 2.37. The van der Waals surface area contributed by atoms with E-state index >= 15 is 0 Å². The first-order chi connectivity index (χ1) is 17.7. The molecule has 0 saturated carbocycles. The molecule has 0 unspecified atom stereocenters. The molecule has 5 heterocycles. The van der Waals surface area contributed by atoms with Gasteiger partial charge >= 0.3 is 0 Å². The van der Waals surface area contributed by atoms with Gasteiger partial charge in [0.05, 0.1) is 17.8 Å². The third-order valence-corrected chi connectivity index (χ3v) is 7.55. The van der Waals surface area contributed by atoms with Gasteiger partial charge in [0.2, 0.25) is 0 Å². The SMILES string of the molecule is Cc1cnc(-c2ccc3nc(-c4cccnc4N)n(-c4ccc5c(c4)CC[C@@H]5n4ccnn4)c3n2)s1. The molecule has 0 radical (unpaired) electrons. The number of benzene rings is 1.